The third kappa shape index (κ3) is 1.67. The van der Waals surface area contributed by atoms with Gasteiger partial charge in [0.15, 0.2) is 5.17 Å². The molecule has 1 aliphatic heterocycles. The van der Waals surface area contributed by atoms with Gasteiger partial charge in [-0.15, -0.1) is 0 Å². The van der Waals surface area contributed by atoms with Gasteiger partial charge in [-0.2, -0.15) is 5.10 Å². The van der Waals surface area contributed by atoms with Crippen molar-refractivity contribution in [3.05, 3.63) is 35.4 Å². The van der Waals surface area contributed by atoms with Crippen LogP contribution in [0, 0.1) is 0 Å². The van der Waals surface area contributed by atoms with E-state index in [1.54, 1.807) is 12.1 Å². The smallest absolute Gasteiger partial charge is 0.262 e. The number of hydrazine groups is 1. The van der Waals surface area contributed by atoms with Crippen LogP contribution < -0.4 is 16.7 Å². The molecule has 5 nitrogen and oxygen atoms in total. The molecule has 6 heteroatoms. The summed E-state index contributed by atoms with van der Waals surface area (Å²) < 4.78 is 0. The fourth-order valence-corrected chi connectivity index (χ4v) is 1.69. The van der Waals surface area contributed by atoms with E-state index in [1.807, 2.05) is 12.1 Å². The summed E-state index contributed by atoms with van der Waals surface area (Å²) in [7, 11) is 0. The van der Waals surface area contributed by atoms with Gasteiger partial charge >= 0.3 is 0 Å². The maximum absolute atomic E-state index is 11.4. The number of halogens is 1. The number of fused-ring (bicyclic) bond motifs is 1. The Kier molecular flexibility index (Phi) is 2.57. The molecule has 1 unspecified atom stereocenters. The Morgan fingerprint density at radius 3 is 3.00 bits per heavy atom. The second kappa shape index (κ2) is 3.88. The van der Waals surface area contributed by atoms with Crippen LogP contribution in [-0.4, -0.2) is 11.1 Å². The lowest BCUT2D eigenvalue weighted by atomic mass is 10.00. The molecule has 1 aliphatic rings. The monoisotopic (exact) mass is 224 g/mol. The van der Waals surface area contributed by atoms with Crippen LogP contribution in [0.4, 0.5) is 0 Å². The molecule has 0 saturated carbocycles. The fourth-order valence-electron chi connectivity index (χ4n) is 1.47. The number of hydrazone groups is 1. The SMILES string of the molecule is NNC(=O)C1NN=C(Cl)c2ccccc21. The van der Waals surface area contributed by atoms with E-state index in [4.69, 9.17) is 17.4 Å². The number of hydrogen-bond donors (Lipinski definition) is 3. The molecule has 1 aromatic rings. The first-order chi connectivity index (χ1) is 7.24. The summed E-state index contributed by atoms with van der Waals surface area (Å²) in [6.45, 7) is 0. The zero-order valence-corrected chi connectivity index (χ0v) is 8.45. The maximum atomic E-state index is 11.4. The van der Waals surface area contributed by atoms with Crippen molar-refractivity contribution < 1.29 is 4.79 Å². The minimum absolute atomic E-state index is 0.340. The van der Waals surface area contributed by atoms with E-state index in [9.17, 15) is 4.79 Å². The van der Waals surface area contributed by atoms with E-state index >= 15 is 0 Å². The van der Waals surface area contributed by atoms with Crippen LogP contribution in [0.1, 0.15) is 17.2 Å². The van der Waals surface area contributed by atoms with E-state index in [-0.39, 0.29) is 5.91 Å². The quantitative estimate of drug-likeness (QED) is 0.363. The van der Waals surface area contributed by atoms with Crippen LogP contribution in [0.15, 0.2) is 29.4 Å². The van der Waals surface area contributed by atoms with Gasteiger partial charge in [-0.1, -0.05) is 35.9 Å². The Hall–Kier alpha value is -1.59. The fraction of sp³-hybridized carbons (Fsp3) is 0.111. The Labute approximate surface area is 91.3 Å². The largest absolute Gasteiger partial charge is 0.292 e. The molecule has 0 fully saturated rings. The molecule has 0 saturated heterocycles. The second-order valence-corrected chi connectivity index (χ2v) is 3.42. The Balaban J connectivity index is 2.46. The molecule has 0 radical (unpaired) electrons. The summed E-state index contributed by atoms with van der Waals surface area (Å²) in [5.74, 6) is 4.72. The summed E-state index contributed by atoms with van der Waals surface area (Å²) in [4.78, 5) is 11.4. The van der Waals surface area contributed by atoms with Gasteiger partial charge in [0.05, 0.1) is 0 Å². The van der Waals surface area contributed by atoms with E-state index in [0.29, 0.717) is 5.17 Å². The summed E-state index contributed by atoms with van der Waals surface area (Å²) in [5, 5.41) is 4.18. The van der Waals surface area contributed by atoms with E-state index in [2.05, 4.69) is 16.0 Å². The number of nitrogens with two attached hydrogens (primary N) is 1. The molecule has 78 valence electrons. The van der Waals surface area contributed by atoms with Crippen LogP contribution in [-0.2, 0) is 4.79 Å². The second-order valence-electron chi connectivity index (χ2n) is 3.06. The number of carbonyl (C=O) groups is 1. The molecule has 0 spiro atoms. The van der Waals surface area contributed by atoms with Crippen molar-refractivity contribution in [3.8, 4) is 0 Å². The molecule has 4 N–H and O–H groups in total. The van der Waals surface area contributed by atoms with Crippen molar-refractivity contribution in [1.29, 1.82) is 0 Å². The van der Waals surface area contributed by atoms with Crippen molar-refractivity contribution in [2.24, 2.45) is 10.9 Å². The number of carbonyl (C=O) groups excluding carboxylic acids is 1. The minimum atomic E-state index is -0.589. The van der Waals surface area contributed by atoms with Gasteiger partial charge in [-0.3, -0.25) is 15.6 Å². The average Bonchev–Trinajstić information content (AvgIpc) is 2.29. The Bertz CT molecular complexity index is 432. The third-order valence-corrected chi connectivity index (χ3v) is 2.48. The highest BCUT2D eigenvalue weighted by Gasteiger charge is 2.26. The first kappa shape index (κ1) is 9.95. The number of nitrogens with one attached hydrogen (secondary N) is 2. The van der Waals surface area contributed by atoms with Gasteiger partial charge < -0.3 is 0 Å². The molecule has 0 aromatic heterocycles. The number of hydrogen-bond acceptors (Lipinski definition) is 4. The lowest BCUT2D eigenvalue weighted by molar-refractivity contribution is -0.123. The number of amides is 1. The van der Waals surface area contributed by atoms with Gasteiger partial charge in [0, 0.05) is 5.56 Å². The van der Waals surface area contributed by atoms with Crippen molar-refractivity contribution in [1.82, 2.24) is 10.9 Å². The topological polar surface area (TPSA) is 79.5 Å². The highest BCUT2D eigenvalue weighted by atomic mass is 35.5. The zero-order valence-electron chi connectivity index (χ0n) is 7.70. The number of nitrogens with zero attached hydrogens (tertiary/aromatic N) is 1. The molecule has 1 aromatic carbocycles. The molecule has 15 heavy (non-hydrogen) atoms. The number of rotatable bonds is 1. The van der Waals surface area contributed by atoms with Gasteiger partial charge in [0.1, 0.15) is 6.04 Å². The van der Waals surface area contributed by atoms with E-state index in [1.165, 1.54) is 0 Å². The lowest BCUT2D eigenvalue weighted by Gasteiger charge is -2.22. The van der Waals surface area contributed by atoms with Crippen LogP contribution in [0.3, 0.4) is 0 Å². The first-order valence-electron chi connectivity index (χ1n) is 4.32. The predicted octanol–water partition coefficient (Wildman–Crippen LogP) is 0.221. The average molecular weight is 225 g/mol. The standard InChI is InChI=1S/C9H9ClN4O/c10-8-6-4-2-1-3-5(6)7(13-14-8)9(15)12-11/h1-4,7,13H,11H2,(H,12,15). The third-order valence-electron chi connectivity index (χ3n) is 2.19. The van der Waals surface area contributed by atoms with Crippen molar-refractivity contribution >= 4 is 22.7 Å². The van der Waals surface area contributed by atoms with Gasteiger partial charge in [0.2, 0.25) is 0 Å². The summed E-state index contributed by atoms with van der Waals surface area (Å²) in [6.07, 6.45) is 0. The van der Waals surface area contributed by atoms with Crippen LogP contribution in [0.25, 0.3) is 0 Å². The van der Waals surface area contributed by atoms with Crippen molar-refractivity contribution in [2.75, 3.05) is 0 Å². The minimum Gasteiger partial charge on any atom is -0.292 e. The molecular weight excluding hydrogens is 216 g/mol. The maximum Gasteiger partial charge on any atom is 0.262 e. The molecule has 0 aliphatic carbocycles. The summed E-state index contributed by atoms with van der Waals surface area (Å²) >= 11 is 5.88. The Morgan fingerprint density at radius 2 is 2.27 bits per heavy atom. The van der Waals surface area contributed by atoms with Gasteiger partial charge in [-0.25, -0.2) is 5.84 Å². The molecule has 1 amide bonds. The lowest BCUT2D eigenvalue weighted by Crippen LogP contribution is -2.41. The molecule has 1 atom stereocenters. The normalized spacial score (nSPS) is 18.5. The Morgan fingerprint density at radius 1 is 1.53 bits per heavy atom. The van der Waals surface area contributed by atoms with Crippen molar-refractivity contribution in [3.63, 3.8) is 0 Å². The van der Waals surface area contributed by atoms with Gasteiger partial charge in [-0.05, 0) is 5.56 Å². The van der Waals surface area contributed by atoms with E-state index < -0.39 is 6.04 Å². The summed E-state index contributed by atoms with van der Waals surface area (Å²) in [6, 6.07) is 6.68. The first-order valence-corrected chi connectivity index (χ1v) is 4.70. The summed E-state index contributed by atoms with van der Waals surface area (Å²) in [5.41, 5.74) is 6.22. The molecule has 2 rings (SSSR count). The van der Waals surface area contributed by atoms with Gasteiger partial charge in [0.25, 0.3) is 5.91 Å². The van der Waals surface area contributed by atoms with Crippen LogP contribution >= 0.6 is 11.6 Å². The highest BCUT2D eigenvalue weighted by Crippen LogP contribution is 2.23. The predicted molar refractivity (Wildman–Crippen MR) is 57.0 cm³/mol. The van der Waals surface area contributed by atoms with Crippen LogP contribution in [0.2, 0.25) is 0 Å². The number of benzene rings is 1. The highest BCUT2D eigenvalue weighted by molar-refractivity contribution is 6.69. The van der Waals surface area contributed by atoms with Crippen molar-refractivity contribution in [2.45, 2.75) is 6.04 Å². The molecule has 0 bridgehead atoms. The van der Waals surface area contributed by atoms with Crippen LogP contribution in [0.5, 0.6) is 0 Å². The molecule has 1 heterocycles. The van der Waals surface area contributed by atoms with E-state index in [0.717, 1.165) is 11.1 Å². The molecular formula is C9H9ClN4O. The zero-order chi connectivity index (χ0) is 10.8.